The molecule has 2 aliphatic rings. The maximum atomic E-state index is 13.3. The predicted molar refractivity (Wildman–Crippen MR) is 131 cm³/mol. The van der Waals surface area contributed by atoms with Gasteiger partial charge < -0.3 is 15.5 Å². The Morgan fingerprint density at radius 2 is 2.00 bits per heavy atom. The molecule has 0 spiro atoms. The summed E-state index contributed by atoms with van der Waals surface area (Å²) in [6.45, 7) is 7.63. The molecule has 0 aliphatic carbocycles. The number of sulfonamides is 1. The molecule has 1 aromatic heterocycles. The third kappa shape index (κ3) is 5.81. The minimum Gasteiger partial charge on any atom is -0.371 e. The fraction of sp³-hybridized carbons (Fsp3) is 0.435. The highest BCUT2D eigenvalue weighted by Gasteiger charge is 2.25. The average molecular weight is 471 g/mol. The van der Waals surface area contributed by atoms with E-state index in [2.05, 4.69) is 36.8 Å². The number of nitrogens with zero attached hydrogens (tertiary/aromatic N) is 3. The van der Waals surface area contributed by atoms with E-state index in [4.69, 9.17) is 0 Å². The van der Waals surface area contributed by atoms with Gasteiger partial charge in [-0.25, -0.2) is 13.4 Å². The summed E-state index contributed by atoms with van der Waals surface area (Å²) < 4.78 is 26.5. The molecule has 33 heavy (non-hydrogen) atoms. The molecule has 2 aliphatic heterocycles. The normalized spacial score (nSPS) is 19.2. The molecule has 3 N–H and O–H groups in total. The number of fused-ring (bicyclic) bond motifs is 6. The molecular weight excluding hydrogens is 440 g/mol. The highest BCUT2D eigenvalue weighted by atomic mass is 32.2. The molecule has 0 saturated carbocycles. The smallest absolute Gasteiger partial charge is 0.258 e. The number of hydrogen-bond donors (Lipinski definition) is 3. The summed E-state index contributed by atoms with van der Waals surface area (Å²) >= 11 is 0. The van der Waals surface area contributed by atoms with Crippen molar-refractivity contribution < 1.29 is 13.2 Å². The third-order valence-electron chi connectivity index (χ3n) is 6.00. The molecule has 10 heteroatoms. The standard InChI is InChI=1S/C23H30N6O3S/c1-3-33(31,32)28-18-9-10-19-20(14-18)29-12-6-8-17(15-29)7-4-5-11-24-23-25-16(2)13-21(27-23)26-22(19)30/h3,9-10,13-14,17,28H,1,4-8,11-12,15H2,2H3,(H2,24,25,26,27,30). The van der Waals surface area contributed by atoms with Crippen LogP contribution in [0, 0.1) is 12.8 Å². The Bertz CT molecular complexity index is 1150. The molecular formula is C23H30N6O3S. The van der Waals surface area contributed by atoms with Gasteiger partial charge in [0.15, 0.2) is 0 Å². The summed E-state index contributed by atoms with van der Waals surface area (Å²) in [5.74, 6) is 1.14. The molecule has 0 radical (unpaired) electrons. The summed E-state index contributed by atoms with van der Waals surface area (Å²) in [7, 11) is -3.66. The van der Waals surface area contributed by atoms with Crippen LogP contribution in [-0.2, 0) is 10.0 Å². The van der Waals surface area contributed by atoms with E-state index in [1.165, 1.54) is 0 Å². The van der Waals surface area contributed by atoms with Crippen LogP contribution in [0.1, 0.15) is 48.2 Å². The number of nitrogens with one attached hydrogen (secondary N) is 3. The fourth-order valence-corrected chi connectivity index (χ4v) is 4.97. The first kappa shape index (κ1) is 23.0. The van der Waals surface area contributed by atoms with E-state index in [1.54, 1.807) is 24.3 Å². The Morgan fingerprint density at radius 3 is 2.82 bits per heavy atom. The summed E-state index contributed by atoms with van der Waals surface area (Å²) in [6, 6.07) is 6.70. The topological polar surface area (TPSA) is 116 Å². The maximum absolute atomic E-state index is 13.3. The number of hydrogen-bond acceptors (Lipinski definition) is 7. The first-order chi connectivity index (χ1) is 15.8. The lowest BCUT2D eigenvalue weighted by atomic mass is 9.92. The van der Waals surface area contributed by atoms with Gasteiger partial charge in [-0.1, -0.05) is 13.0 Å². The van der Waals surface area contributed by atoms with E-state index >= 15 is 0 Å². The lowest BCUT2D eigenvalue weighted by Crippen LogP contribution is -2.36. The van der Waals surface area contributed by atoms with Crippen LogP contribution in [-0.4, -0.2) is 43.9 Å². The van der Waals surface area contributed by atoms with E-state index in [1.807, 2.05) is 6.92 Å². The zero-order valence-electron chi connectivity index (χ0n) is 18.8. The van der Waals surface area contributed by atoms with Crippen LogP contribution in [0.4, 0.5) is 23.1 Å². The van der Waals surface area contributed by atoms with Gasteiger partial charge in [0.1, 0.15) is 5.82 Å². The predicted octanol–water partition coefficient (Wildman–Crippen LogP) is 3.73. The fourth-order valence-electron chi connectivity index (χ4n) is 4.43. The van der Waals surface area contributed by atoms with E-state index in [-0.39, 0.29) is 5.91 Å². The number of amides is 1. The molecule has 1 aromatic carbocycles. The van der Waals surface area contributed by atoms with Gasteiger partial charge in [0.05, 0.1) is 16.9 Å². The van der Waals surface area contributed by atoms with Crippen molar-refractivity contribution in [3.8, 4) is 0 Å². The lowest BCUT2D eigenvalue weighted by molar-refractivity contribution is 0.102. The van der Waals surface area contributed by atoms with Crippen LogP contribution in [0.3, 0.4) is 0 Å². The highest BCUT2D eigenvalue weighted by Crippen LogP contribution is 2.32. The Balaban J connectivity index is 1.74. The van der Waals surface area contributed by atoms with Crippen LogP contribution >= 0.6 is 0 Å². The Morgan fingerprint density at radius 1 is 1.18 bits per heavy atom. The van der Waals surface area contributed by atoms with E-state index in [0.717, 1.165) is 62.8 Å². The van der Waals surface area contributed by atoms with Crippen LogP contribution in [0.15, 0.2) is 36.3 Å². The monoisotopic (exact) mass is 470 g/mol. The van der Waals surface area contributed by atoms with Crippen molar-refractivity contribution in [2.45, 2.75) is 39.0 Å². The first-order valence-electron chi connectivity index (χ1n) is 11.3. The van der Waals surface area contributed by atoms with Gasteiger partial charge in [-0.15, -0.1) is 0 Å². The van der Waals surface area contributed by atoms with Gasteiger partial charge in [0, 0.05) is 36.8 Å². The van der Waals surface area contributed by atoms with Gasteiger partial charge in [-0.3, -0.25) is 9.52 Å². The number of rotatable bonds is 3. The number of carbonyl (C=O) groups is 1. The zero-order chi connectivity index (χ0) is 23.4. The Labute approximate surface area is 194 Å². The molecule has 3 heterocycles. The molecule has 1 atom stereocenters. The van der Waals surface area contributed by atoms with Crippen LogP contribution in [0.25, 0.3) is 0 Å². The van der Waals surface area contributed by atoms with Crippen molar-refractivity contribution in [3.63, 3.8) is 0 Å². The molecule has 1 unspecified atom stereocenters. The van der Waals surface area contributed by atoms with E-state index < -0.39 is 10.0 Å². The molecule has 1 saturated heterocycles. The molecule has 9 nitrogen and oxygen atoms in total. The number of anilines is 4. The summed E-state index contributed by atoms with van der Waals surface area (Å²) in [5, 5.41) is 7.02. The van der Waals surface area contributed by atoms with Crippen molar-refractivity contribution in [2.75, 3.05) is 39.9 Å². The van der Waals surface area contributed by atoms with Crippen molar-refractivity contribution in [3.05, 3.63) is 47.5 Å². The second-order valence-corrected chi connectivity index (χ2v) is 10.2. The van der Waals surface area contributed by atoms with E-state index in [9.17, 15) is 13.2 Å². The molecule has 4 bridgehead atoms. The summed E-state index contributed by atoms with van der Waals surface area (Å²) in [5.41, 5.74) is 2.32. The molecule has 1 fully saturated rings. The van der Waals surface area contributed by atoms with Crippen LogP contribution in [0.2, 0.25) is 0 Å². The third-order valence-corrected chi connectivity index (χ3v) is 6.96. The largest absolute Gasteiger partial charge is 0.371 e. The van der Waals surface area contributed by atoms with Crippen molar-refractivity contribution in [1.29, 1.82) is 0 Å². The Hall–Kier alpha value is -3.14. The number of piperidine rings is 1. The number of aromatic nitrogens is 2. The quantitative estimate of drug-likeness (QED) is 0.626. The number of aryl methyl sites for hydroxylation is 1. The first-order valence-corrected chi connectivity index (χ1v) is 12.8. The minimum atomic E-state index is -3.66. The van der Waals surface area contributed by atoms with E-state index in [0.29, 0.717) is 34.6 Å². The number of benzene rings is 1. The molecule has 2 aromatic rings. The summed E-state index contributed by atoms with van der Waals surface area (Å²) in [6.07, 6.45) is 5.38. The van der Waals surface area contributed by atoms with Gasteiger partial charge in [0.25, 0.3) is 15.9 Å². The second kappa shape index (κ2) is 9.78. The number of carbonyl (C=O) groups excluding carboxylic acids is 1. The van der Waals surface area contributed by atoms with Crippen LogP contribution in [0.5, 0.6) is 0 Å². The second-order valence-electron chi connectivity index (χ2n) is 8.59. The van der Waals surface area contributed by atoms with Crippen molar-refractivity contribution >= 4 is 39.1 Å². The van der Waals surface area contributed by atoms with Crippen molar-refractivity contribution in [1.82, 2.24) is 9.97 Å². The average Bonchev–Trinajstić information content (AvgIpc) is 2.78. The molecule has 176 valence electrons. The van der Waals surface area contributed by atoms with Gasteiger partial charge in [-0.05, 0) is 56.7 Å². The SMILES string of the molecule is C=CS(=O)(=O)Nc1ccc2c(c1)N1CCCC(CCCCNc3nc(C)cc(n3)NC2=O)C1. The lowest BCUT2D eigenvalue weighted by Gasteiger charge is -2.35. The highest BCUT2D eigenvalue weighted by molar-refractivity contribution is 7.95. The van der Waals surface area contributed by atoms with Crippen LogP contribution < -0.4 is 20.3 Å². The minimum absolute atomic E-state index is 0.302. The molecule has 1 amide bonds. The summed E-state index contributed by atoms with van der Waals surface area (Å²) in [4.78, 5) is 24.4. The molecule has 4 rings (SSSR count). The maximum Gasteiger partial charge on any atom is 0.258 e. The van der Waals surface area contributed by atoms with Crippen molar-refractivity contribution in [2.24, 2.45) is 5.92 Å². The Kier molecular flexibility index (Phi) is 6.83. The van der Waals surface area contributed by atoms with Gasteiger partial charge in [-0.2, -0.15) is 4.98 Å². The van der Waals surface area contributed by atoms with Gasteiger partial charge >= 0.3 is 0 Å². The zero-order valence-corrected chi connectivity index (χ0v) is 19.6. The van der Waals surface area contributed by atoms with Gasteiger partial charge in [0.2, 0.25) is 5.95 Å².